The van der Waals surface area contributed by atoms with Crippen molar-refractivity contribution in [1.29, 1.82) is 0 Å². The molecule has 1 saturated carbocycles. The molecule has 18 heavy (non-hydrogen) atoms. The van der Waals surface area contributed by atoms with Crippen LogP contribution in [-0.4, -0.2) is 23.5 Å². The Balaban J connectivity index is 2.15. The van der Waals surface area contributed by atoms with E-state index < -0.39 is 0 Å². The van der Waals surface area contributed by atoms with Crippen LogP contribution in [0.25, 0.3) is 0 Å². The first-order valence-corrected chi connectivity index (χ1v) is 7.72. The topological polar surface area (TPSA) is 27.1 Å². The lowest BCUT2D eigenvalue weighted by molar-refractivity contribution is 0.142. The van der Waals surface area contributed by atoms with Crippen molar-refractivity contribution in [2.24, 2.45) is 5.92 Å². The summed E-state index contributed by atoms with van der Waals surface area (Å²) in [5, 5.41) is 4.56. The summed E-state index contributed by atoms with van der Waals surface area (Å²) in [4.78, 5) is 0. The van der Waals surface area contributed by atoms with Crippen molar-refractivity contribution in [3.05, 3.63) is 16.4 Å². The van der Waals surface area contributed by atoms with Gasteiger partial charge in [0.2, 0.25) is 0 Å². The Morgan fingerprint density at radius 1 is 1.44 bits per heavy atom. The molecule has 1 fully saturated rings. The molecule has 1 aromatic heterocycles. The summed E-state index contributed by atoms with van der Waals surface area (Å²) in [5.74, 6) is 0.763. The molecule has 2 rings (SSSR count). The van der Waals surface area contributed by atoms with E-state index in [9.17, 15) is 0 Å². The van der Waals surface area contributed by atoms with Crippen molar-refractivity contribution >= 4 is 15.9 Å². The van der Waals surface area contributed by atoms with Crippen LogP contribution >= 0.6 is 15.9 Å². The number of hydrogen-bond acceptors (Lipinski definition) is 2. The number of halogens is 1. The van der Waals surface area contributed by atoms with Crippen molar-refractivity contribution in [3.8, 4) is 0 Å². The third-order valence-corrected chi connectivity index (χ3v) is 4.89. The lowest BCUT2D eigenvalue weighted by atomic mass is 9.82. The molecule has 0 N–H and O–H groups in total. The molecule has 1 unspecified atom stereocenters. The zero-order valence-corrected chi connectivity index (χ0v) is 12.9. The van der Waals surface area contributed by atoms with E-state index in [1.165, 1.54) is 37.8 Å². The molecule has 1 aliphatic rings. The molecule has 1 aliphatic carbocycles. The molecule has 0 aliphatic heterocycles. The van der Waals surface area contributed by atoms with Crippen LogP contribution in [0.3, 0.4) is 0 Å². The number of hydrogen-bond donors (Lipinski definition) is 0. The van der Waals surface area contributed by atoms with Crippen molar-refractivity contribution in [2.45, 2.75) is 51.5 Å². The van der Waals surface area contributed by atoms with E-state index in [-0.39, 0.29) is 0 Å². The molecule has 1 atom stereocenters. The van der Waals surface area contributed by atoms with Gasteiger partial charge in [-0.3, -0.25) is 4.68 Å². The lowest BCUT2D eigenvalue weighted by Crippen LogP contribution is -2.25. The van der Waals surface area contributed by atoms with Crippen LogP contribution in [-0.2, 0) is 4.74 Å². The molecule has 0 aromatic carbocycles. The fraction of sp³-hybridized carbons (Fsp3) is 0.786. The third kappa shape index (κ3) is 3.15. The van der Waals surface area contributed by atoms with E-state index in [1.807, 2.05) is 6.20 Å². The van der Waals surface area contributed by atoms with E-state index in [1.54, 1.807) is 7.11 Å². The van der Waals surface area contributed by atoms with Crippen LogP contribution < -0.4 is 0 Å². The molecule has 0 spiro atoms. The van der Waals surface area contributed by atoms with Gasteiger partial charge in [-0.2, -0.15) is 5.10 Å². The predicted octanol–water partition coefficient (Wildman–Crippen LogP) is 4.11. The molecular weight excluding hydrogens is 292 g/mol. The smallest absolute Gasteiger partial charge is 0.0635 e. The molecular formula is C14H23BrN2O. The van der Waals surface area contributed by atoms with Gasteiger partial charge in [0.25, 0.3) is 0 Å². The van der Waals surface area contributed by atoms with Crippen molar-refractivity contribution < 1.29 is 4.74 Å². The second-order valence-electron chi connectivity index (χ2n) is 5.27. The van der Waals surface area contributed by atoms with Gasteiger partial charge in [0.05, 0.1) is 16.7 Å². The van der Waals surface area contributed by atoms with E-state index in [2.05, 4.69) is 32.6 Å². The summed E-state index contributed by atoms with van der Waals surface area (Å²) >= 11 is 3.56. The summed E-state index contributed by atoms with van der Waals surface area (Å²) in [6, 6.07) is 0.497. The molecule has 0 radical (unpaired) electrons. The Morgan fingerprint density at radius 2 is 2.17 bits per heavy atom. The molecule has 102 valence electrons. The highest BCUT2D eigenvalue weighted by atomic mass is 79.9. The number of ether oxygens (including phenoxy) is 1. The number of methoxy groups -OCH3 is 1. The lowest BCUT2D eigenvalue weighted by Gasteiger charge is -2.31. The van der Waals surface area contributed by atoms with Gasteiger partial charge in [0.1, 0.15) is 0 Å². The average molecular weight is 315 g/mol. The number of rotatable bonds is 5. The maximum absolute atomic E-state index is 5.28. The van der Waals surface area contributed by atoms with Gasteiger partial charge in [-0.25, -0.2) is 0 Å². The van der Waals surface area contributed by atoms with Crippen molar-refractivity contribution in [1.82, 2.24) is 9.78 Å². The van der Waals surface area contributed by atoms with E-state index in [0.717, 1.165) is 23.4 Å². The summed E-state index contributed by atoms with van der Waals surface area (Å²) in [5.41, 5.74) is 1.24. The molecule has 0 bridgehead atoms. The highest BCUT2D eigenvalue weighted by Gasteiger charge is 2.26. The van der Waals surface area contributed by atoms with E-state index >= 15 is 0 Å². The van der Waals surface area contributed by atoms with Gasteiger partial charge < -0.3 is 4.74 Å². The van der Waals surface area contributed by atoms with Gasteiger partial charge in [-0.05, 0) is 48.0 Å². The largest absolute Gasteiger partial charge is 0.385 e. The van der Waals surface area contributed by atoms with Crippen LogP contribution in [0.1, 0.15) is 50.3 Å². The van der Waals surface area contributed by atoms with Gasteiger partial charge in [0, 0.05) is 19.4 Å². The Morgan fingerprint density at radius 3 is 2.72 bits per heavy atom. The Bertz CT molecular complexity index is 372. The maximum Gasteiger partial charge on any atom is 0.0635 e. The first-order valence-electron chi connectivity index (χ1n) is 6.92. The monoisotopic (exact) mass is 314 g/mol. The van der Waals surface area contributed by atoms with E-state index in [0.29, 0.717) is 6.04 Å². The minimum absolute atomic E-state index is 0.497. The Hall–Kier alpha value is -0.350. The fourth-order valence-corrected chi connectivity index (χ4v) is 3.33. The third-order valence-electron chi connectivity index (χ3n) is 4.11. The number of nitrogens with zero attached hydrogens (tertiary/aromatic N) is 2. The van der Waals surface area contributed by atoms with Gasteiger partial charge in [0.15, 0.2) is 0 Å². The van der Waals surface area contributed by atoms with Gasteiger partial charge in [-0.1, -0.05) is 19.3 Å². The SMILES string of the molecule is COCCC(C1CCCCC1)n1ncc(Br)c1C. The zero-order valence-electron chi connectivity index (χ0n) is 11.4. The van der Waals surface area contributed by atoms with Crippen LogP contribution in [0.4, 0.5) is 0 Å². The molecule has 1 aromatic rings. The molecule has 0 amide bonds. The predicted molar refractivity (Wildman–Crippen MR) is 76.8 cm³/mol. The normalized spacial score (nSPS) is 19.1. The van der Waals surface area contributed by atoms with Crippen molar-refractivity contribution in [2.75, 3.05) is 13.7 Å². The van der Waals surface area contributed by atoms with Crippen LogP contribution in [0.15, 0.2) is 10.7 Å². The summed E-state index contributed by atoms with van der Waals surface area (Å²) in [7, 11) is 1.78. The first-order chi connectivity index (χ1) is 8.74. The summed E-state index contributed by atoms with van der Waals surface area (Å²) in [6.45, 7) is 2.96. The molecule has 0 saturated heterocycles. The Kier molecular flexibility index (Phi) is 5.25. The average Bonchev–Trinajstić information content (AvgIpc) is 2.73. The summed E-state index contributed by atoms with van der Waals surface area (Å²) in [6.07, 6.45) is 9.80. The maximum atomic E-state index is 5.28. The van der Waals surface area contributed by atoms with Crippen LogP contribution in [0.2, 0.25) is 0 Å². The second kappa shape index (κ2) is 6.71. The first kappa shape index (κ1) is 14.1. The minimum Gasteiger partial charge on any atom is -0.385 e. The second-order valence-corrected chi connectivity index (χ2v) is 6.12. The molecule has 3 nitrogen and oxygen atoms in total. The quantitative estimate of drug-likeness (QED) is 0.817. The van der Waals surface area contributed by atoms with E-state index in [4.69, 9.17) is 4.74 Å². The highest BCUT2D eigenvalue weighted by molar-refractivity contribution is 9.10. The van der Waals surface area contributed by atoms with Crippen LogP contribution in [0, 0.1) is 12.8 Å². The Labute approximate surface area is 118 Å². The fourth-order valence-electron chi connectivity index (χ4n) is 3.05. The summed E-state index contributed by atoms with van der Waals surface area (Å²) < 4.78 is 8.60. The van der Waals surface area contributed by atoms with Gasteiger partial charge >= 0.3 is 0 Å². The standard InChI is InChI=1S/C14H23BrN2O/c1-11-13(15)10-16-17(11)14(8-9-18-2)12-6-4-3-5-7-12/h10,12,14H,3-9H2,1-2H3. The number of aromatic nitrogens is 2. The van der Waals surface area contributed by atoms with Crippen molar-refractivity contribution in [3.63, 3.8) is 0 Å². The molecule has 4 heteroatoms. The minimum atomic E-state index is 0.497. The highest BCUT2D eigenvalue weighted by Crippen LogP contribution is 2.36. The van der Waals surface area contributed by atoms with Crippen LogP contribution in [0.5, 0.6) is 0 Å². The zero-order chi connectivity index (χ0) is 13.0. The van der Waals surface area contributed by atoms with Gasteiger partial charge in [-0.15, -0.1) is 0 Å². The molecule has 1 heterocycles.